The molecule has 0 N–H and O–H groups in total. The van der Waals surface area contributed by atoms with Gasteiger partial charge in [-0.25, -0.2) is 0 Å². The summed E-state index contributed by atoms with van der Waals surface area (Å²) in [6.07, 6.45) is -1.97. The maximum atomic E-state index is 12.2. The Bertz CT molecular complexity index is 825. The van der Waals surface area contributed by atoms with Crippen molar-refractivity contribution >= 4 is 16.7 Å². The summed E-state index contributed by atoms with van der Waals surface area (Å²) in [5.41, 5.74) is 4.22. The van der Waals surface area contributed by atoms with Crippen LogP contribution >= 0.6 is 11.8 Å². The normalized spacial score (nSPS) is 11.6. The van der Waals surface area contributed by atoms with Gasteiger partial charge in [0.05, 0.1) is 7.11 Å². The van der Waals surface area contributed by atoms with Crippen molar-refractivity contribution in [1.82, 2.24) is 0 Å². The first-order valence-corrected chi connectivity index (χ1v) is 9.08. The first kappa shape index (κ1) is 21.0. The van der Waals surface area contributed by atoms with Crippen LogP contribution in [0.2, 0.25) is 0 Å². The van der Waals surface area contributed by atoms with Crippen molar-refractivity contribution in [3.05, 3.63) is 76.7 Å². The van der Waals surface area contributed by atoms with E-state index in [4.69, 9.17) is 4.74 Å². The Hall–Kier alpha value is -2.34. The SMILES string of the molecule is C=C(S/C=C/Cc1cc(C)c(C)cc1OC)c1ccc(OC(F)(F)F)cc1. The molecule has 27 heavy (non-hydrogen) atoms. The van der Waals surface area contributed by atoms with Crippen LogP contribution in [-0.2, 0) is 6.42 Å². The van der Waals surface area contributed by atoms with E-state index in [-0.39, 0.29) is 5.75 Å². The topological polar surface area (TPSA) is 18.5 Å². The van der Waals surface area contributed by atoms with E-state index in [0.717, 1.165) is 21.8 Å². The van der Waals surface area contributed by atoms with E-state index in [1.807, 2.05) is 24.5 Å². The van der Waals surface area contributed by atoms with Crippen molar-refractivity contribution in [1.29, 1.82) is 0 Å². The van der Waals surface area contributed by atoms with Crippen LogP contribution in [0.15, 0.2) is 54.5 Å². The Balaban J connectivity index is 1.95. The maximum absolute atomic E-state index is 12.2. The Morgan fingerprint density at radius 1 is 1.11 bits per heavy atom. The molecule has 0 aliphatic rings. The second-order valence-corrected chi connectivity index (χ2v) is 6.94. The molecule has 2 aromatic carbocycles. The van der Waals surface area contributed by atoms with Crippen molar-refractivity contribution in [2.75, 3.05) is 7.11 Å². The third kappa shape index (κ3) is 6.40. The van der Waals surface area contributed by atoms with E-state index < -0.39 is 6.36 Å². The van der Waals surface area contributed by atoms with E-state index in [2.05, 4.69) is 24.3 Å². The molecule has 6 heteroatoms. The minimum Gasteiger partial charge on any atom is -0.496 e. The average Bonchev–Trinajstić information content (AvgIpc) is 2.60. The molecule has 0 spiro atoms. The van der Waals surface area contributed by atoms with E-state index >= 15 is 0 Å². The molecule has 0 saturated carbocycles. The van der Waals surface area contributed by atoms with Gasteiger partial charge in [-0.1, -0.05) is 42.6 Å². The molecule has 0 radical (unpaired) electrons. The van der Waals surface area contributed by atoms with Crippen LogP contribution in [0.25, 0.3) is 4.91 Å². The lowest BCUT2D eigenvalue weighted by Gasteiger charge is -2.10. The average molecular weight is 394 g/mol. The number of allylic oxidation sites excluding steroid dienone is 1. The number of methoxy groups -OCH3 is 1. The zero-order valence-electron chi connectivity index (χ0n) is 15.4. The van der Waals surface area contributed by atoms with Crippen LogP contribution in [0.5, 0.6) is 11.5 Å². The van der Waals surface area contributed by atoms with Gasteiger partial charge in [0.2, 0.25) is 0 Å². The summed E-state index contributed by atoms with van der Waals surface area (Å²) in [6.45, 7) is 8.06. The van der Waals surface area contributed by atoms with Crippen LogP contribution < -0.4 is 9.47 Å². The highest BCUT2D eigenvalue weighted by Crippen LogP contribution is 2.30. The van der Waals surface area contributed by atoms with Gasteiger partial charge in [0.15, 0.2) is 0 Å². The molecule has 2 rings (SSSR count). The minimum absolute atomic E-state index is 0.249. The molecule has 2 aromatic rings. The van der Waals surface area contributed by atoms with Gasteiger partial charge in [-0.2, -0.15) is 0 Å². The van der Waals surface area contributed by atoms with Crippen LogP contribution in [0.1, 0.15) is 22.3 Å². The Morgan fingerprint density at radius 3 is 2.33 bits per heavy atom. The second-order valence-electron chi connectivity index (χ2n) is 5.94. The molecule has 0 bridgehead atoms. The third-order valence-corrected chi connectivity index (χ3v) is 4.80. The Labute approximate surface area is 161 Å². The summed E-state index contributed by atoms with van der Waals surface area (Å²) >= 11 is 1.41. The summed E-state index contributed by atoms with van der Waals surface area (Å²) < 4.78 is 45.8. The van der Waals surface area contributed by atoms with Gasteiger partial charge < -0.3 is 9.47 Å². The molecule has 0 aliphatic carbocycles. The van der Waals surface area contributed by atoms with Gasteiger partial charge >= 0.3 is 6.36 Å². The third-order valence-electron chi connectivity index (χ3n) is 3.95. The van der Waals surface area contributed by atoms with E-state index in [0.29, 0.717) is 6.42 Å². The fraction of sp³-hybridized carbons (Fsp3) is 0.238. The van der Waals surface area contributed by atoms with Gasteiger partial charge in [-0.15, -0.1) is 13.2 Å². The van der Waals surface area contributed by atoms with Crippen molar-refractivity contribution in [3.8, 4) is 11.5 Å². The number of thioether (sulfide) groups is 1. The Kier molecular flexibility index (Phi) is 7.02. The molecule has 0 aliphatic heterocycles. The summed E-state index contributed by atoms with van der Waals surface area (Å²) in [5.74, 6) is 0.605. The van der Waals surface area contributed by atoms with Crippen molar-refractivity contribution < 1.29 is 22.6 Å². The lowest BCUT2D eigenvalue weighted by molar-refractivity contribution is -0.274. The number of rotatable bonds is 7. The molecule has 0 heterocycles. The van der Waals surface area contributed by atoms with Crippen molar-refractivity contribution in [3.63, 3.8) is 0 Å². The van der Waals surface area contributed by atoms with E-state index in [9.17, 15) is 13.2 Å². The monoisotopic (exact) mass is 394 g/mol. The van der Waals surface area contributed by atoms with Gasteiger partial charge in [0.25, 0.3) is 0 Å². The summed E-state index contributed by atoms with van der Waals surface area (Å²) in [4.78, 5) is 0.733. The van der Waals surface area contributed by atoms with Gasteiger partial charge in [0, 0.05) is 4.91 Å². The zero-order chi connectivity index (χ0) is 20.0. The number of ether oxygens (including phenoxy) is 2. The summed E-state index contributed by atoms with van der Waals surface area (Å²) in [5, 5.41) is 1.91. The van der Waals surface area contributed by atoms with Crippen molar-refractivity contribution in [2.45, 2.75) is 26.6 Å². The highest BCUT2D eigenvalue weighted by Gasteiger charge is 2.30. The van der Waals surface area contributed by atoms with Gasteiger partial charge in [0.1, 0.15) is 11.5 Å². The maximum Gasteiger partial charge on any atom is 0.573 e. The first-order chi connectivity index (χ1) is 12.7. The lowest BCUT2D eigenvalue weighted by atomic mass is 10.0. The molecule has 2 nitrogen and oxygen atoms in total. The largest absolute Gasteiger partial charge is 0.573 e. The number of hydrogen-bond acceptors (Lipinski definition) is 3. The molecule has 0 atom stereocenters. The molecule has 144 valence electrons. The summed E-state index contributed by atoms with van der Waals surface area (Å²) in [7, 11) is 1.65. The first-order valence-electron chi connectivity index (χ1n) is 8.20. The predicted octanol–water partition coefficient (Wildman–Crippen LogP) is 6.67. The fourth-order valence-corrected chi connectivity index (χ4v) is 3.04. The van der Waals surface area contributed by atoms with Gasteiger partial charge in [-0.3, -0.25) is 0 Å². The highest BCUT2D eigenvalue weighted by molar-refractivity contribution is 8.10. The van der Waals surface area contributed by atoms with Gasteiger partial charge in [-0.05, 0) is 66.1 Å². The quantitative estimate of drug-likeness (QED) is 0.522. The van der Waals surface area contributed by atoms with Crippen LogP contribution in [0, 0.1) is 13.8 Å². The second kappa shape index (κ2) is 9.04. The number of aryl methyl sites for hydroxylation is 2. The lowest BCUT2D eigenvalue weighted by Crippen LogP contribution is -2.16. The van der Waals surface area contributed by atoms with Crippen LogP contribution in [0.4, 0.5) is 13.2 Å². The number of alkyl halides is 3. The molecule has 0 unspecified atom stereocenters. The molecular weight excluding hydrogens is 373 g/mol. The molecule has 0 amide bonds. The fourth-order valence-electron chi connectivity index (χ4n) is 2.41. The van der Waals surface area contributed by atoms with E-state index in [1.165, 1.54) is 35.0 Å². The predicted molar refractivity (Wildman–Crippen MR) is 105 cm³/mol. The zero-order valence-corrected chi connectivity index (χ0v) is 16.2. The number of hydrogen-bond donors (Lipinski definition) is 0. The highest BCUT2D eigenvalue weighted by atomic mass is 32.2. The molecule has 0 aromatic heterocycles. The van der Waals surface area contributed by atoms with Crippen molar-refractivity contribution in [2.24, 2.45) is 0 Å². The smallest absolute Gasteiger partial charge is 0.496 e. The summed E-state index contributed by atoms with van der Waals surface area (Å²) in [6, 6.07) is 9.79. The molecular formula is C21H21F3O2S. The van der Waals surface area contributed by atoms with Crippen LogP contribution in [0.3, 0.4) is 0 Å². The Morgan fingerprint density at radius 2 is 1.74 bits per heavy atom. The van der Waals surface area contributed by atoms with E-state index in [1.54, 1.807) is 19.2 Å². The molecule has 0 saturated heterocycles. The minimum atomic E-state index is -4.69. The molecule has 0 fully saturated rings. The van der Waals surface area contributed by atoms with Crippen LogP contribution in [-0.4, -0.2) is 13.5 Å². The number of benzene rings is 2. The standard InChI is InChI=1S/C21H21F3O2S/c1-14-12-18(20(25-4)13-15(14)2)6-5-11-27-16(3)17-7-9-19(10-8-17)26-21(22,23)24/h5,7-13H,3,6H2,1-2,4H3/b11-5+. The number of halogens is 3.